The highest BCUT2D eigenvalue weighted by Gasteiger charge is 2.33. The second-order valence-electron chi connectivity index (χ2n) is 15.1. The second kappa shape index (κ2) is 22.8. The van der Waals surface area contributed by atoms with Gasteiger partial charge in [-0.2, -0.15) is 46.8 Å². The van der Waals surface area contributed by atoms with Gasteiger partial charge in [-0.3, -0.25) is 28.8 Å². The Balaban J connectivity index is 1.31. The Kier molecular flexibility index (Phi) is 17.6. The van der Waals surface area contributed by atoms with E-state index in [1.165, 1.54) is 48.5 Å². The molecule has 5 aromatic carbocycles. The van der Waals surface area contributed by atoms with Gasteiger partial charge in [0.1, 0.15) is 0 Å². The molecule has 0 aliphatic rings. The number of carbonyl (C=O) groups excluding carboxylic acids is 6. The highest BCUT2D eigenvalue weighted by atomic mass is 35.5. The standard InChI is InChI=1S/C46H36Cl4F6N8O6/c1-5-23-9-33(59-43(69)38(21(3)65)63-61-36-11-25(7-29(47)19-36)41(67)57-34-15-27(45(51,52)53)13-31(49)17-34)10-24(6-2)40(23)60-44(70)39(22(4)66)64-62-37-12-26(8-30(48)20-37)42(68)58-35-16-28(46(54,55)56)14-32(50)18-35/h7-20,38-39H,5-6H2,1-4H3,(H,57,67)(H,58,68)(H,59,69)(H,60,70). The highest BCUT2D eigenvalue weighted by molar-refractivity contribution is 6.32. The lowest BCUT2D eigenvalue weighted by atomic mass is 10.0. The maximum atomic E-state index is 13.6. The number of aryl methyl sites for hydroxylation is 2. The minimum Gasteiger partial charge on any atom is -0.324 e. The maximum absolute atomic E-state index is 13.6. The third-order valence-corrected chi connectivity index (χ3v) is 10.6. The summed E-state index contributed by atoms with van der Waals surface area (Å²) in [6, 6.07) is 11.8. The van der Waals surface area contributed by atoms with E-state index >= 15 is 0 Å². The molecule has 0 aliphatic carbocycles. The molecule has 5 rings (SSSR count). The molecular weight excluding hydrogens is 1020 g/mol. The lowest BCUT2D eigenvalue weighted by molar-refractivity contribution is -0.138. The zero-order valence-corrected chi connectivity index (χ0v) is 39.7. The summed E-state index contributed by atoms with van der Waals surface area (Å²) in [6.07, 6.45) is -8.93. The number of amides is 4. The van der Waals surface area contributed by atoms with Gasteiger partial charge in [0.05, 0.1) is 22.5 Å². The second-order valence-corrected chi connectivity index (χ2v) is 16.8. The zero-order chi connectivity index (χ0) is 51.8. The number of Topliss-reactive ketones (excluding diaryl/α,β-unsaturated/α-hetero) is 2. The van der Waals surface area contributed by atoms with Crippen LogP contribution in [0, 0.1) is 0 Å². The zero-order valence-electron chi connectivity index (χ0n) is 36.7. The molecule has 0 aliphatic heterocycles. The van der Waals surface area contributed by atoms with E-state index in [0.717, 1.165) is 26.0 Å². The van der Waals surface area contributed by atoms with E-state index < -0.39 is 70.8 Å². The molecule has 24 heteroatoms. The van der Waals surface area contributed by atoms with Gasteiger partial charge in [-0.25, -0.2) is 0 Å². The predicted molar refractivity (Wildman–Crippen MR) is 252 cm³/mol. The molecule has 14 nitrogen and oxygen atoms in total. The fourth-order valence-electron chi connectivity index (χ4n) is 6.43. The van der Waals surface area contributed by atoms with Crippen LogP contribution < -0.4 is 21.3 Å². The Morgan fingerprint density at radius 3 is 1.20 bits per heavy atom. The number of nitrogens with zero attached hydrogens (tertiary/aromatic N) is 4. The molecule has 0 fully saturated rings. The van der Waals surface area contributed by atoms with Crippen LogP contribution in [-0.4, -0.2) is 47.3 Å². The van der Waals surface area contributed by atoms with E-state index in [4.69, 9.17) is 46.4 Å². The number of azo groups is 2. The highest BCUT2D eigenvalue weighted by Crippen LogP contribution is 2.36. The predicted octanol–water partition coefficient (Wildman–Crippen LogP) is 13.3. The molecule has 70 heavy (non-hydrogen) atoms. The minimum absolute atomic E-state index is 0.0392. The molecular formula is C46H36Cl4F6N8O6. The van der Waals surface area contributed by atoms with E-state index in [2.05, 4.69) is 41.7 Å². The molecule has 0 heterocycles. The smallest absolute Gasteiger partial charge is 0.324 e. The van der Waals surface area contributed by atoms with Crippen LogP contribution in [0.5, 0.6) is 0 Å². The Bertz CT molecular complexity index is 2940. The maximum Gasteiger partial charge on any atom is 0.416 e. The van der Waals surface area contributed by atoms with Crippen molar-refractivity contribution in [2.24, 2.45) is 20.5 Å². The van der Waals surface area contributed by atoms with Crippen LogP contribution in [0.15, 0.2) is 105 Å². The Labute approximate surface area is 414 Å². The lowest BCUT2D eigenvalue weighted by Crippen LogP contribution is -2.33. The number of halogens is 10. The summed E-state index contributed by atoms with van der Waals surface area (Å²) in [6.45, 7) is 5.66. The van der Waals surface area contributed by atoms with Gasteiger partial charge in [0.25, 0.3) is 23.6 Å². The number of nitrogens with one attached hydrogen (secondary N) is 4. The van der Waals surface area contributed by atoms with E-state index in [9.17, 15) is 55.1 Å². The van der Waals surface area contributed by atoms with Crippen molar-refractivity contribution in [1.82, 2.24) is 0 Å². The molecule has 0 bridgehead atoms. The Morgan fingerprint density at radius 1 is 0.486 bits per heavy atom. The van der Waals surface area contributed by atoms with Gasteiger partial charge in [0.15, 0.2) is 11.6 Å². The van der Waals surface area contributed by atoms with Crippen molar-refractivity contribution in [3.8, 4) is 0 Å². The number of hydrogen-bond acceptors (Lipinski definition) is 10. The summed E-state index contributed by atoms with van der Waals surface area (Å²) in [5, 5.41) is 25.0. The summed E-state index contributed by atoms with van der Waals surface area (Å²) in [5.41, 5.74) is -1.78. The van der Waals surface area contributed by atoms with Crippen LogP contribution in [0.1, 0.15) is 70.7 Å². The molecule has 366 valence electrons. The average Bonchev–Trinajstić information content (AvgIpc) is 3.25. The normalized spacial score (nSPS) is 12.7. The van der Waals surface area contributed by atoms with Crippen molar-refractivity contribution >= 4 is 116 Å². The van der Waals surface area contributed by atoms with Crippen LogP contribution in [0.3, 0.4) is 0 Å². The summed E-state index contributed by atoms with van der Waals surface area (Å²) >= 11 is 24.1. The number of rotatable bonds is 16. The number of carbonyl (C=O) groups is 6. The van der Waals surface area contributed by atoms with Crippen LogP contribution >= 0.6 is 46.4 Å². The van der Waals surface area contributed by atoms with Crippen molar-refractivity contribution in [2.45, 2.75) is 65.0 Å². The SMILES string of the molecule is CCc1cc(NC(=O)C(N=Nc2cc(Cl)cc(C(=O)Nc3cc(Cl)cc(C(F)(F)F)c3)c2)C(C)=O)cc(CC)c1NC(=O)C(N=Nc1cc(Cl)cc(C(=O)Nc2cc(Cl)cc(C(F)(F)F)c2)c1)C(C)=O. The molecule has 0 radical (unpaired) electrons. The first-order chi connectivity index (χ1) is 32.7. The van der Waals surface area contributed by atoms with E-state index in [-0.39, 0.29) is 78.2 Å². The first-order valence-corrected chi connectivity index (χ1v) is 21.8. The van der Waals surface area contributed by atoms with Gasteiger partial charge in [0.2, 0.25) is 12.1 Å². The lowest BCUT2D eigenvalue weighted by Gasteiger charge is -2.19. The van der Waals surface area contributed by atoms with Crippen molar-refractivity contribution in [2.75, 3.05) is 21.3 Å². The van der Waals surface area contributed by atoms with Gasteiger partial charge in [-0.15, -0.1) is 0 Å². The fourth-order valence-corrected chi connectivity index (χ4v) is 7.36. The third-order valence-electron chi connectivity index (χ3n) is 9.68. The molecule has 5 aromatic rings. The topological polar surface area (TPSA) is 200 Å². The van der Waals surface area contributed by atoms with Crippen molar-refractivity contribution in [1.29, 1.82) is 0 Å². The van der Waals surface area contributed by atoms with Crippen molar-refractivity contribution in [3.05, 3.63) is 138 Å². The summed E-state index contributed by atoms with van der Waals surface area (Å²) < 4.78 is 79.9. The van der Waals surface area contributed by atoms with Crippen molar-refractivity contribution in [3.63, 3.8) is 0 Å². The molecule has 0 spiro atoms. The minimum atomic E-state index is -4.74. The largest absolute Gasteiger partial charge is 0.416 e. The Hall–Kier alpha value is -6.74. The van der Waals surface area contributed by atoms with Gasteiger partial charge in [-0.05, 0) is 123 Å². The van der Waals surface area contributed by atoms with Crippen LogP contribution in [-0.2, 0) is 44.4 Å². The van der Waals surface area contributed by atoms with Crippen LogP contribution in [0.2, 0.25) is 20.1 Å². The van der Waals surface area contributed by atoms with Gasteiger partial charge in [0, 0.05) is 54.0 Å². The third kappa shape index (κ3) is 14.6. The monoisotopic (exact) mass is 1050 g/mol. The fraction of sp³-hybridized carbons (Fsp3) is 0.217. The Morgan fingerprint density at radius 2 is 0.843 bits per heavy atom. The van der Waals surface area contributed by atoms with Gasteiger partial charge in [-0.1, -0.05) is 60.3 Å². The molecule has 2 atom stereocenters. The molecule has 0 saturated heterocycles. The van der Waals surface area contributed by atoms with E-state index in [1.807, 2.05) is 0 Å². The average molecular weight is 1050 g/mol. The molecule has 4 amide bonds. The number of benzene rings is 5. The number of alkyl halides is 6. The molecule has 0 aromatic heterocycles. The van der Waals surface area contributed by atoms with Gasteiger partial charge >= 0.3 is 12.4 Å². The van der Waals surface area contributed by atoms with Gasteiger partial charge < -0.3 is 21.3 Å². The van der Waals surface area contributed by atoms with Crippen molar-refractivity contribution < 1.29 is 55.1 Å². The van der Waals surface area contributed by atoms with Crippen LogP contribution in [0.4, 0.5) is 60.5 Å². The van der Waals surface area contributed by atoms with E-state index in [1.54, 1.807) is 13.8 Å². The number of anilines is 4. The molecule has 0 saturated carbocycles. The van der Waals surface area contributed by atoms with Crippen LogP contribution in [0.25, 0.3) is 0 Å². The summed E-state index contributed by atoms with van der Waals surface area (Å²) in [4.78, 5) is 78.7. The first-order valence-electron chi connectivity index (χ1n) is 20.3. The molecule has 2 unspecified atom stereocenters. The molecule has 4 N–H and O–H groups in total. The first kappa shape index (κ1) is 54.2. The quantitative estimate of drug-likeness (QED) is 0.0430. The summed E-state index contributed by atoms with van der Waals surface area (Å²) in [7, 11) is 0. The number of ketones is 2. The van der Waals surface area contributed by atoms with E-state index in [0.29, 0.717) is 35.4 Å². The summed E-state index contributed by atoms with van der Waals surface area (Å²) in [5.74, 6) is -5.07. The number of hydrogen-bond donors (Lipinski definition) is 4.